The van der Waals surface area contributed by atoms with Crippen molar-refractivity contribution in [1.29, 1.82) is 0 Å². The maximum atomic E-state index is 12.8. The lowest BCUT2D eigenvalue weighted by atomic mass is 9.90. The predicted molar refractivity (Wildman–Crippen MR) is 135 cm³/mol. The van der Waals surface area contributed by atoms with E-state index in [1.807, 2.05) is 0 Å². The van der Waals surface area contributed by atoms with Gasteiger partial charge in [0.05, 0.1) is 39.6 Å². The van der Waals surface area contributed by atoms with Gasteiger partial charge in [0.1, 0.15) is 53.5 Å². The van der Waals surface area contributed by atoms with Crippen LogP contribution in [0, 0.1) is 27.1 Å². The van der Waals surface area contributed by atoms with Gasteiger partial charge in [-0.15, -0.1) is 0 Å². The molecule has 41 heavy (non-hydrogen) atoms. The van der Waals surface area contributed by atoms with E-state index >= 15 is 0 Å². The molecule has 0 aromatic rings. The Bertz CT molecular complexity index is 927. The van der Waals surface area contributed by atoms with Crippen LogP contribution in [0.1, 0.15) is 34.6 Å². The van der Waals surface area contributed by atoms with E-state index in [2.05, 4.69) is 0 Å². The third kappa shape index (κ3) is 9.58. The van der Waals surface area contributed by atoms with Gasteiger partial charge in [0.2, 0.25) is 0 Å². The lowest BCUT2D eigenvalue weighted by molar-refractivity contribution is -0.180. The van der Waals surface area contributed by atoms with Crippen LogP contribution < -0.4 is 0 Å². The number of hydrogen-bond acceptors (Lipinski definition) is 15. The number of aliphatic carboxylic acids is 1. The lowest BCUT2D eigenvalue weighted by Gasteiger charge is -2.31. The van der Waals surface area contributed by atoms with Gasteiger partial charge in [0.15, 0.2) is 0 Å². The van der Waals surface area contributed by atoms with Crippen molar-refractivity contribution in [3.05, 3.63) is 0 Å². The van der Waals surface area contributed by atoms with Crippen molar-refractivity contribution in [3.63, 3.8) is 0 Å². The zero-order valence-electron chi connectivity index (χ0n) is 23.9. The van der Waals surface area contributed by atoms with Crippen LogP contribution >= 0.6 is 0 Å². The number of carboxylic acids is 1. The molecule has 7 N–H and O–H groups in total. The molecule has 3 atom stereocenters. The van der Waals surface area contributed by atoms with Crippen molar-refractivity contribution in [2.24, 2.45) is 27.1 Å². The highest BCUT2D eigenvalue weighted by Crippen LogP contribution is 2.27. The first-order valence-corrected chi connectivity index (χ1v) is 12.4. The molecule has 0 amide bonds. The number of esters is 4. The van der Waals surface area contributed by atoms with E-state index in [1.54, 1.807) is 0 Å². The molecule has 0 aliphatic heterocycles. The molecule has 238 valence electrons. The van der Waals surface area contributed by atoms with Crippen LogP contribution in [0.25, 0.3) is 0 Å². The summed E-state index contributed by atoms with van der Waals surface area (Å²) < 4.78 is 20.0. The van der Waals surface area contributed by atoms with Gasteiger partial charge >= 0.3 is 29.8 Å². The summed E-state index contributed by atoms with van der Waals surface area (Å²) in [6, 6.07) is 0. The fraction of sp³-hybridized carbons (Fsp3) is 0.800. The number of aliphatic hydroxyl groups excluding tert-OH is 6. The van der Waals surface area contributed by atoms with E-state index in [4.69, 9.17) is 18.9 Å². The van der Waals surface area contributed by atoms with E-state index in [0.717, 1.165) is 13.8 Å². The van der Waals surface area contributed by atoms with Gasteiger partial charge in [-0.3, -0.25) is 24.0 Å². The van der Waals surface area contributed by atoms with Crippen LogP contribution in [-0.4, -0.2) is 132 Å². The first kappa shape index (κ1) is 38.1. The molecular weight excluding hydrogens is 556 g/mol. The Morgan fingerprint density at radius 2 is 0.610 bits per heavy atom. The second-order valence-electron chi connectivity index (χ2n) is 11.4. The Morgan fingerprint density at radius 1 is 0.415 bits per heavy atom. The zero-order valence-corrected chi connectivity index (χ0v) is 23.9. The van der Waals surface area contributed by atoms with Gasteiger partial charge in [-0.1, -0.05) is 0 Å². The normalized spacial score (nSPS) is 16.4. The summed E-state index contributed by atoms with van der Waals surface area (Å²) in [5.41, 5.74) is -9.11. The number of carboxylic acid groups (broad SMARTS) is 1. The Hall–Kier alpha value is -2.89. The van der Waals surface area contributed by atoms with Crippen molar-refractivity contribution < 1.29 is 78.7 Å². The van der Waals surface area contributed by atoms with E-state index in [1.165, 1.54) is 20.8 Å². The highest BCUT2D eigenvalue weighted by Gasteiger charge is 2.45. The Labute approximate surface area is 236 Å². The van der Waals surface area contributed by atoms with Crippen molar-refractivity contribution in [1.82, 2.24) is 0 Å². The molecule has 0 radical (unpaired) electrons. The lowest BCUT2D eigenvalue weighted by Crippen LogP contribution is -2.46. The van der Waals surface area contributed by atoms with E-state index in [0.29, 0.717) is 0 Å². The molecule has 0 spiro atoms. The van der Waals surface area contributed by atoms with Crippen molar-refractivity contribution in [2.45, 2.75) is 34.6 Å². The SMILES string of the molecule is CC(COC(=O)C(C)(CO)CO)(COC(=O)C(C)(CO)COC(=O)C(C)(CO)COC(=O)C(C)(CO)CO)C(=O)O. The van der Waals surface area contributed by atoms with Crippen LogP contribution in [0.4, 0.5) is 0 Å². The summed E-state index contributed by atoms with van der Waals surface area (Å²) in [5, 5.41) is 66.3. The van der Waals surface area contributed by atoms with Gasteiger partial charge in [0.25, 0.3) is 0 Å². The van der Waals surface area contributed by atoms with E-state index in [-0.39, 0.29) is 0 Å². The average Bonchev–Trinajstić information content (AvgIpc) is 2.98. The largest absolute Gasteiger partial charge is 0.481 e. The molecule has 0 aromatic carbocycles. The average molecular weight is 599 g/mol. The Morgan fingerprint density at radius 3 is 0.805 bits per heavy atom. The monoisotopic (exact) mass is 598 g/mol. The summed E-state index contributed by atoms with van der Waals surface area (Å²) in [6.45, 7) is -2.28. The molecule has 0 saturated heterocycles. The summed E-state index contributed by atoms with van der Waals surface area (Å²) >= 11 is 0. The minimum atomic E-state index is -1.98. The number of rotatable bonds is 19. The third-order valence-corrected chi connectivity index (χ3v) is 6.67. The standard InChI is InChI=1S/C25H42O16/c1-21(6-26,7-27)17(34)38-12-23(3,10-30)19(36)39-13-24(4,11-31)20(37)41-15-25(5,16(32)33)14-40-18(35)22(2,8-28)9-29/h26-31H,6-15H2,1-5H3,(H,32,33). The smallest absolute Gasteiger partial charge is 0.317 e. The van der Waals surface area contributed by atoms with Crippen molar-refractivity contribution in [3.8, 4) is 0 Å². The van der Waals surface area contributed by atoms with Crippen LogP contribution in [0.2, 0.25) is 0 Å². The van der Waals surface area contributed by atoms with Crippen LogP contribution in [0.15, 0.2) is 0 Å². The first-order valence-electron chi connectivity index (χ1n) is 12.4. The number of carbonyl (C=O) groups is 5. The molecular formula is C25H42O16. The van der Waals surface area contributed by atoms with Gasteiger partial charge in [-0.25, -0.2) is 0 Å². The maximum absolute atomic E-state index is 12.8. The minimum absolute atomic E-state index is 0.724. The third-order valence-electron chi connectivity index (χ3n) is 6.67. The molecule has 3 unspecified atom stereocenters. The second kappa shape index (κ2) is 15.4. The summed E-state index contributed by atoms with van der Waals surface area (Å²) in [5.74, 6) is -6.02. The van der Waals surface area contributed by atoms with E-state index in [9.17, 15) is 59.7 Å². The summed E-state index contributed by atoms with van der Waals surface area (Å²) in [4.78, 5) is 61.6. The molecule has 0 bridgehead atoms. The number of aliphatic hydroxyl groups is 6. The highest BCUT2D eigenvalue weighted by atomic mass is 16.6. The predicted octanol–water partition coefficient (Wildman–Crippen LogP) is -2.77. The molecule has 0 aromatic heterocycles. The number of ether oxygens (including phenoxy) is 4. The van der Waals surface area contributed by atoms with Crippen molar-refractivity contribution >= 4 is 29.8 Å². The van der Waals surface area contributed by atoms with Gasteiger partial charge in [0, 0.05) is 0 Å². The number of hydrogen-bond donors (Lipinski definition) is 7. The molecule has 0 aliphatic rings. The zero-order chi connectivity index (χ0) is 32.3. The van der Waals surface area contributed by atoms with Crippen LogP contribution in [-0.2, 0) is 42.9 Å². The first-order chi connectivity index (χ1) is 18.8. The summed E-state index contributed by atoms with van der Waals surface area (Å²) in [7, 11) is 0. The van der Waals surface area contributed by atoms with Gasteiger partial charge in [-0.2, -0.15) is 0 Å². The molecule has 0 fully saturated rings. The Balaban J connectivity index is 5.41. The fourth-order valence-electron chi connectivity index (χ4n) is 2.46. The van der Waals surface area contributed by atoms with Gasteiger partial charge in [-0.05, 0) is 34.6 Å². The highest BCUT2D eigenvalue weighted by molar-refractivity contribution is 5.82. The van der Waals surface area contributed by atoms with Crippen LogP contribution in [0.5, 0.6) is 0 Å². The topological polar surface area (TPSA) is 264 Å². The Kier molecular flexibility index (Phi) is 14.3. The fourth-order valence-corrected chi connectivity index (χ4v) is 2.46. The van der Waals surface area contributed by atoms with Crippen molar-refractivity contribution in [2.75, 3.05) is 66.1 Å². The molecule has 0 heterocycles. The molecule has 16 nitrogen and oxygen atoms in total. The molecule has 16 heteroatoms. The quantitative estimate of drug-likeness (QED) is 0.0586. The molecule has 0 rings (SSSR count). The van der Waals surface area contributed by atoms with Gasteiger partial charge < -0.3 is 54.7 Å². The minimum Gasteiger partial charge on any atom is -0.481 e. The van der Waals surface area contributed by atoms with Crippen LogP contribution in [0.3, 0.4) is 0 Å². The molecule has 0 saturated carbocycles. The summed E-state index contributed by atoms with van der Waals surface area (Å²) in [6.07, 6.45) is 0. The second-order valence-corrected chi connectivity index (χ2v) is 11.4. The van der Waals surface area contributed by atoms with E-state index < -0.39 is 123 Å². The number of carbonyl (C=O) groups excluding carboxylic acids is 4. The molecule has 0 aliphatic carbocycles. The maximum Gasteiger partial charge on any atom is 0.317 e.